The number of fused-ring (bicyclic) bond motifs is 2. The van der Waals surface area contributed by atoms with Crippen molar-refractivity contribution in [2.24, 2.45) is 0 Å². The Morgan fingerprint density at radius 2 is 1.81 bits per heavy atom. The summed E-state index contributed by atoms with van der Waals surface area (Å²) < 4.78 is 18.0. The van der Waals surface area contributed by atoms with Crippen LogP contribution in [-0.4, -0.2) is 56.5 Å². The maximum atomic E-state index is 12.6. The van der Waals surface area contributed by atoms with Gasteiger partial charge in [0.1, 0.15) is 6.10 Å². The maximum absolute atomic E-state index is 12.6. The van der Waals surface area contributed by atoms with Crippen LogP contribution in [0.2, 0.25) is 0 Å². The number of benzene rings is 1. The highest BCUT2D eigenvalue weighted by Crippen LogP contribution is 2.40. The number of quaternary nitrogens is 1. The lowest BCUT2D eigenvalue weighted by Gasteiger charge is -2.43. The number of piperidine rings is 1. The van der Waals surface area contributed by atoms with E-state index in [0.717, 1.165) is 30.2 Å². The number of rotatable bonds is 7. The minimum Gasteiger partial charge on any atom is -1.00 e. The Balaban J connectivity index is 0.00000261. The van der Waals surface area contributed by atoms with Crippen LogP contribution in [0.25, 0.3) is 0 Å². The summed E-state index contributed by atoms with van der Waals surface area (Å²) in [5, 5.41) is 0. The Hall–Kier alpha value is -1.02. The number of hydrogen-bond acceptors (Lipinski definition) is 4. The van der Waals surface area contributed by atoms with Gasteiger partial charge in [0, 0.05) is 25.7 Å². The molecule has 3 rings (SSSR count). The van der Waals surface area contributed by atoms with Crippen molar-refractivity contribution < 1.29 is 47.5 Å². The summed E-state index contributed by atoms with van der Waals surface area (Å²) in [6.45, 7) is 2.77. The molecule has 0 aromatic heterocycles. The summed E-state index contributed by atoms with van der Waals surface area (Å²) in [7, 11) is 6.21. The summed E-state index contributed by atoms with van der Waals surface area (Å²) in [4.78, 5) is 12.6. The molecule has 2 heterocycles. The molecule has 2 saturated heterocycles. The van der Waals surface area contributed by atoms with Crippen LogP contribution in [0, 0.1) is 0 Å². The van der Waals surface area contributed by atoms with Crippen molar-refractivity contribution in [2.45, 2.75) is 63.6 Å². The molecule has 0 aliphatic carbocycles. The largest absolute Gasteiger partial charge is 1.00 e. The van der Waals surface area contributed by atoms with E-state index in [1.807, 2.05) is 0 Å². The van der Waals surface area contributed by atoms with E-state index < -0.39 is 0 Å². The SMILES string of the molecule is CCCCOc1ccc(C(=O)OC2CC3CCC(C2)[N+]3(C)C)cc1OC.[I-]. The number of halogens is 1. The minimum absolute atomic E-state index is 0. The lowest BCUT2D eigenvalue weighted by Crippen LogP contribution is -3.00. The molecule has 2 atom stereocenters. The Kier molecular flexibility index (Phi) is 7.80. The number of ether oxygens (including phenoxy) is 3. The van der Waals surface area contributed by atoms with Gasteiger partial charge in [-0.15, -0.1) is 0 Å². The number of esters is 1. The Labute approximate surface area is 180 Å². The summed E-state index contributed by atoms with van der Waals surface area (Å²) >= 11 is 0. The van der Waals surface area contributed by atoms with Gasteiger partial charge in [0.25, 0.3) is 0 Å². The topological polar surface area (TPSA) is 44.8 Å². The third kappa shape index (κ3) is 4.88. The highest BCUT2D eigenvalue weighted by molar-refractivity contribution is 5.90. The second kappa shape index (κ2) is 9.45. The van der Waals surface area contributed by atoms with Crippen LogP contribution < -0.4 is 33.5 Å². The van der Waals surface area contributed by atoms with Crippen molar-refractivity contribution >= 4 is 5.97 Å². The zero-order chi connectivity index (χ0) is 18.7. The quantitative estimate of drug-likeness (QED) is 0.246. The van der Waals surface area contributed by atoms with Crippen molar-refractivity contribution in [2.75, 3.05) is 27.8 Å². The third-order valence-corrected chi connectivity index (χ3v) is 6.21. The van der Waals surface area contributed by atoms with E-state index in [1.165, 1.54) is 12.8 Å². The number of unbranched alkanes of at least 4 members (excludes halogenated alkanes) is 1. The van der Waals surface area contributed by atoms with Crippen molar-refractivity contribution in [1.29, 1.82) is 0 Å². The minimum atomic E-state index is -0.264. The summed E-state index contributed by atoms with van der Waals surface area (Å²) in [5.41, 5.74) is 0.524. The lowest BCUT2D eigenvalue weighted by molar-refractivity contribution is -0.931. The molecule has 2 unspecified atom stereocenters. The molecule has 1 aromatic rings. The monoisotopic (exact) mass is 489 g/mol. The maximum Gasteiger partial charge on any atom is 0.338 e. The van der Waals surface area contributed by atoms with Gasteiger partial charge in [0.15, 0.2) is 11.5 Å². The fourth-order valence-corrected chi connectivity index (χ4v) is 4.39. The third-order valence-electron chi connectivity index (χ3n) is 6.21. The average molecular weight is 489 g/mol. The molecule has 27 heavy (non-hydrogen) atoms. The Morgan fingerprint density at radius 1 is 1.15 bits per heavy atom. The molecule has 152 valence electrons. The van der Waals surface area contributed by atoms with E-state index in [4.69, 9.17) is 14.2 Å². The predicted octanol–water partition coefficient (Wildman–Crippen LogP) is 0.805. The molecule has 0 spiro atoms. The van der Waals surface area contributed by atoms with Gasteiger partial charge in [-0.25, -0.2) is 4.79 Å². The highest BCUT2D eigenvalue weighted by Gasteiger charge is 2.49. The molecule has 6 heteroatoms. The molecule has 0 N–H and O–H groups in total. The van der Waals surface area contributed by atoms with Gasteiger partial charge in [-0.3, -0.25) is 0 Å². The molecule has 0 radical (unpaired) electrons. The molecule has 0 saturated carbocycles. The first-order valence-electron chi connectivity index (χ1n) is 9.80. The zero-order valence-electron chi connectivity index (χ0n) is 16.9. The molecule has 0 amide bonds. The van der Waals surface area contributed by atoms with Gasteiger partial charge in [0.05, 0.1) is 45.5 Å². The Morgan fingerprint density at radius 3 is 2.41 bits per heavy atom. The van der Waals surface area contributed by atoms with Crippen molar-refractivity contribution in [3.05, 3.63) is 23.8 Å². The fourth-order valence-electron chi connectivity index (χ4n) is 4.39. The van der Waals surface area contributed by atoms with Crippen molar-refractivity contribution in [1.82, 2.24) is 0 Å². The first-order chi connectivity index (χ1) is 12.5. The highest BCUT2D eigenvalue weighted by atomic mass is 127. The van der Waals surface area contributed by atoms with Crippen LogP contribution in [0.4, 0.5) is 0 Å². The van der Waals surface area contributed by atoms with Crippen molar-refractivity contribution in [3.8, 4) is 11.5 Å². The number of nitrogens with zero attached hydrogens (tertiary/aromatic N) is 1. The second-order valence-electron chi connectivity index (χ2n) is 8.08. The Bertz CT molecular complexity index is 633. The molecule has 2 aliphatic rings. The molecule has 2 aliphatic heterocycles. The van der Waals surface area contributed by atoms with E-state index in [1.54, 1.807) is 25.3 Å². The summed E-state index contributed by atoms with van der Waals surface area (Å²) in [6, 6.07) is 6.51. The van der Waals surface area contributed by atoms with E-state index >= 15 is 0 Å². The summed E-state index contributed by atoms with van der Waals surface area (Å²) in [6.07, 6.45) is 6.50. The van der Waals surface area contributed by atoms with Gasteiger partial charge in [-0.1, -0.05) is 13.3 Å². The first kappa shape index (κ1) is 22.3. The normalized spacial score (nSPS) is 25.4. The smallest absolute Gasteiger partial charge is 0.338 e. The van der Waals surface area contributed by atoms with Gasteiger partial charge >= 0.3 is 5.97 Å². The van der Waals surface area contributed by atoms with E-state index in [9.17, 15) is 4.79 Å². The zero-order valence-corrected chi connectivity index (χ0v) is 19.0. The number of methoxy groups -OCH3 is 1. The van der Waals surface area contributed by atoms with Crippen LogP contribution in [-0.2, 0) is 4.74 Å². The first-order valence-corrected chi connectivity index (χ1v) is 9.80. The second-order valence-corrected chi connectivity index (χ2v) is 8.08. The molecule has 2 fully saturated rings. The van der Waals surface area contributed by atoms with E-state index in [2.05, 4.69) is 21.0 Å². The molecular weight excluding hydrogens is 457 g/mol. The average Bonchev–Trinajstić information content (AvgIpc) is 2.79. The number of hydrogen-bond donors (Lipinski definition) is 0. The van der Waals surface area contributed by atoms with Gasteiger partial charge in [0.2, 0.25) is 0 Å². The van der Waals surface area contributed by atoms with Crippen molar-refractivity contribution in [3.63, 3.8) is 0 Å². The van der Waals surface area contributed by atoms with Crippen LogP contribution in [0.3, 0.4) is 0 Å². The van der Waals surface area contributed by atoms with Gasteiger partial charge < -0.3 is 42.7 Å². The molecule has 2 bridgehead atoms. The van der Waals surface area contributed by atoms with Crippen LogP contribution >= 0.6 is 0 Å². The molecule has 5 nitrogen and oxygen atoms in total. The number of carbonyl (C=O) groups is 1. The van der Waals surface area contributed by atoms with E-state index in [0.29, 0.717) is 35.8 Å². The summed E-state index contributed by atoms with van der Waals surface area (Å²) in [5.74, 6) is 0.990. The van der Waals surface area contributed by atoms with Gasteiger partial charge in [-0.05, 0) is 24.6 Å². The standard InChI is InChI=1S/C21H32NO4.HI/c1-5-6-11-25-19-10-7-15(12-20(19)24-4)21(23)26-18-13-16-8-9-17(14-18)22(16,2)3;/h7,10,12,16-18H,5-6,8-9,11,13-14H2,1-4H3;1H/q+1;/p-1. The number of carbonyl (C=O) groups excluding carboxylic acids is 1. The fraction of sp³-hybridized carbons (Fsp3) is 0.667. The predicted molar refractivity (Wildman–Crippen MR) is 101 cm³/mol. The van der Waals surface area contributed by atoms with E-state index in [-0.39, 0.29) is 36.0 Å². The van der Waals surface area contributed by atoms with Crippen LogP contribution in [0.1, 0.15) is 55.8 Å². The van der Waals surface area contributed by atoms with Gasteiger partial charge in [-0.2, -0.15) is 0 Å². The lowest BCUT2D eigenvalue weighted by atomic mass is 9.98. The van der Waals surface area contributed by atoms with Crippen LogP contribution in [0.5, 0.6) is 11.5 Å². The molecular formula is C21H32INO4. The molecule has 1 aromatic carbocycles. The van der Waals surface area contributed by atoms with Crippen LogP contribution in [0.15, 0.2) is 18.2 Å².